The van der Waals surface area contributed by atoms with E-state index in [4.69, 9.17) is 23.2 Å². The summed E-state index contributed by atoms with van der Waals surface area (Å²) >= 11 is 11.8. The molecule has 15 heavy (non-hydrogen) atoms. The van der Waals surface area contributed by atoms with E-state index in [9.17, 15) is 5.11 Å². The van der Waals surface area contributed by atoms with Gasteiger partial charge >= 0.3 is 0 Å². The fourth-order valence-corrected chi connectivity index (χ4v) is 1.67. The molecule has 1 aromatic carbocycles. The molecular formula is C11H15Cl2NO. The summed E-state index contributed by atoms with van der Waals surface area (Å²) in [6.45, 7) is 4.51. The molecule has 2 nitrogen and oxygen atoms in total. The van der Waals surface area contributed by atoms with Crippen LogP contribution in [0.15, 0.2) is 18.2 Å². The molecule has 0 spiro atoms. The van der Waals surface area contributed by atoms with Crippen LogP contribution in [0, 0.1) is 0 Å². The first-order chi connectivity index (χ1) is 7.02. The lowest BCUT2D eigenvalue weighted by Gasteiger charge is -2.15. The Morgan fingerprint density at radius 3 is 2.60 bits per heavy atom. The summed E-state index contributed by atoms with van der Waals surface area (Å²) in [4.78, 5) is 0. The van der Waals surface area contributed by atoms with Crippen molar-refractivity contribution in [3.8, 4) is 0 Å². The predicted molar refractivity (Wildman–Crippen MR) is 64.6 cm³/mol. The molecule has 2 N–H and O–H groups in total. The molecule has 4 heteroatoms. The van der Waals surface area contributed by atoms with E-state index >= 15 is 0 Å². The monoisotopic (exact) mass is 247 g/mol. The normalized spacial score (nSPS) is 13.2. The van der Waals surface area contributed by atoms with Crippen LogP contribution in [0.1, 0.15) is 25.5 Å². The fourth-order valence-electron chi connectivity index (χ4n) is 1.24. The smallest absolute Gasteiger partial charge is 0.0929 e. The second-order valence-electron chi connectivity index (χ2n) is 3.72. The topological polar surface area (TPSA) is 32.3 Å². The highest BCUT2D eigenvalue weighted by Crippen LogP contribution is 2.29. The van der Waals surface area contributed by atoms with Crippen LogP contribution in [0.5, 0.6) is 0 Å². The van der Waals surface area contributed by atoms with Crippen molar-refractivity contribution in [3.05, 3.63) is 33.8 Å². The lowest BCUT2D eigenvalue weighted by atomic mass is 10.1. The third kappa shape index (κ3) is 3.65. The van der Waals surface area contributed by atoms with Gasteiger partial charge < -0.3 is 10.4 Å². The number of nitrogens with one attached hydrogen (secondary N) is 1. The van der Waals surface area contributed by atoms with Crippen molar-refractivity contribution in [1.82, 2.24) is 5.32 Å². The quantitative estimate of drug-likeness (QED) is 0.858. The first-order valence-electron chi connectivity index (χ1n) is 4.87. The maximum absolute atomic E-state index is 9.87. The summed E-state index contributed by atoms with van der Waals surface area (Å²) in [5.74, 6) is 0. The van der Waals surface area contributed by atoms with E-state index in [1.165, 1.54) is 0 Å². The van der Waals surface area contributed by atoms with Crippen molar-refractivity contribution in [2.24, 2.45) is 0 Å². The second kappa shape index (κ2) is 5.71. The highest BCUT2D eigenvalue weighted by Gasteiger charge is 2.13. The van der Waals surface area contributed by atoms with Gasteiger partial charge in [-0.15, -0.1) is 0 Å². The van der Waals surface area contributed by atoms with E-state index in [0.29, 0.717) is 28.2 Å². The first-order valence-corrected chi connectivity index (χ1v) is 5.63. The van der Waals surface area contributed by atoms with Gasteiger partial charge in [0.25, 0.3) is 0 Å². The molecule has 0 amide bonds. The molecule has 1 unspecified atom stereocenters. The summed E-state index contributed by atoms with van der Waals surface area (Å²) in [6.07, 6.45) is -0.626. The van der Waals surface area contributed by atoms with Gasteiger partial charge in [0.2, 0.25) is 0 Å². The number of benzene rings is 1. The zero-order valence-electron chi connectivity index (χ0n) is 8.80. The minimum atomic E-state index is -0.626. The average molecular weight is 248 g/mol. The van der Waals surface area contributed by atoms with E-state index in [-0.39, 0.29) is 0 Å². The summed E-state index contributed by atoms with van der Waals surface area (Å²) in [5, 5.41) is 13.9. The Kier molecular flexibility index (Phi) is 4.87. The largest absolute Gasteiger partial charge is 0.387 e. The molecule has 0 fully saturated rings. The third-order valence-corrected chi connectivity index (χ3v) is 2.89. The van der Waals surface area contributed by atoms with Gasteiger partial charge in [-0.3, -0.25) is 0 Å². The zero-order valence-corrected chi connectivity index (χ0v) is 10.3. The Balaban J connectivity index is 2.73. The van der Waals surface area contributed by atoms with Crippen LogP contribution in [0.4, 0.5) is 0 Å². The Bertz CT molecular complexity index is 328. The fraction of sp³-hybridized carbons (Fsp3) is 0.455. The van der Waals surface area contributed by atoms with Gasteiger partial charge in [-0.1, -0.05) is 49.2 Å². The zero-order chi connectivity index (χ0) is 11.4. The average Bonchev–Trinajstić information content (AvgIpc) is 2.18. The summed E-state index contributed by atoms with van der Waals surface area (Å²) in [5.41, 5.74) is 0.664. The van der Waals surface area contributed by atoms with Gasteiger partial charge in [0.15, 0.2) is 0 Å². The van der Waals surface area contributed by atoms with Crippen LogP contribution < -0.4 is 5.32 Å². The first kappa shape index (κ1) is 12.8. The maximum Gasteiger partial charge on any atom is 0.0929 e. The summed E-state index contributed by atoms with van der Waals surface area (Å²) in [6, 6.07) is 5.59. The molecule has 1 atom stereocenters. The van der Waals surface area contributed by atoms with Gasteiger partial charge in [0, 0.05) is 18.2 Å². The van der Waals surface area contributed by atoms with Crippen LogP contribution >= 0.6 is 23.2 Å². The van der Waals surface area contributed by atoms with Crippen molar-refractivity contribution >= 4 is 23.2 Å². The summed E-state index contributed by atoms with van der Waals surface area (Å²) < 4.78 is 0. The van der Waals surface area contributed by atoms with Crippen LogP contribution in [0.25, 0.3) is 0 Å². The Hall–Kier alpha value is -0.280. The molecule has 1 aromatic rings. The van der Waals surface area contributed by atoms with Crippen LogP contribution in [-0.2, 0) is 0 Å². The molecule has 0 saturated heterocycles. The van der Waals surface area contributed by atoms with Crippen molar-refractivity contribution in [1.29, 1.82) is 0 Å². The van der Waals surface area contributed by atoms with Gasteiger partial charge in [0.1, 0.15) is 0 Å². The minimum Gasteiger partial charge on any atom is -0.387 e. The van der Waals surface area contributed by atoms with Crippen LogP contribution in [0.3, 0.4) is 0 Å². The van der Waals surface area contributed by atoms with Crippen molar-refractivity contribution in [2.45, 2.75) is 26.0 Å². The highest BCUT2D eigenvalue weighted by atomic mass is 35.5. The van der Waals surface area contributed by atoms with Gasteiger partial charge in [-0.25, -0.2) is 0 Å². The number of hydrogen-bond donors (Lipinski definition) is 2. The van der Waals surface area contributed by atoms with Gasteiger partial charge in [-0.2, -0.15) is 0 Å². The Labute approximate surface area is 100 Å². The third-order valence-electron chi connectivity index (χ3n) is 2.06. The minimum absolute atomic E-state index is 0.331. The van der Waals surface area contributed by atoms with E-state index in [2.05, 4.69) is 5.32 Å². The Morgan fingerprint density at radius 2 is 2.00 bits per heavy atom. The molecule has 0 aliphatic carbocycles. The van der Waals surface area contributed by atoms with Gasteiger partial charge in [0.05, 0.1) is 16.1 Å². The van der Waals surface area contributed by atoms with E-state index in [1.807, 2.05) is 13.8 Å². The number of aliphatic hydroxyl groups is 1. The lowest BCUT2D eigenvalue weighted by molar-refractivity contribution is 0.171. The number of aliphatic hydroxyl groups excluding tert-OH is 1. The second-order valence-corrected chi connectivity index (χ2v) is 4.51. The molecule has 0 aliphatic rings. The van der Waals surface area contributed by atoms with Gasteiger partial charge in [-0.05, 0) is 6.07 Å². The predicted octanol–water partition coefficient (Wildman–Crippen LogP) is 3.02. The standard InChI is InChI=1S/C11H15Cl2NO/c1-7(2)14-6-10(15)8-4-3-5-9(12)11(8)13/h3-5,7,10,14-15H,6H2,1-2H3. The molecule has 0 bridgehead atoms. The molecule has 1 rings (SSSR count). The number of rotatable bonds is 4. The molecule has 84 valence electrons. The number of halogens is 2. The van der Waals surface area contributed by atoms with E-state index in [1.54, 1.807) is 18.2 Å². The SMILES string of the molecule is CC(C)NCC(O)c1cccc(Cl)c1Cl. The van der Waals surface area contributed by atoms with Crippen molar-refractivity contribution in [2.75, 3.05) is 6.54 Å². The number of hydrogen-bond acceptors (Lipinski definition) is 2. The molecule has 0 heterocycles. The lowest BCUT2D eigenvalue weighted by Crippen LogP contribution is -2.28. The maximum atomic E-state index is 9.87. The van der Waals surface area contributed by atoms with Crippen molar-refractivity contribution in [3.63, 3.8) is 0 Å². The molecule has 0 saturated carbocycles. The van der Waals surface area contributed by atoms with E-state index in [0.717, 1.165) is 0 Å². The van der Waals surface area contributed by atoms with Crippen LogP contribution in [-0.4, -0.2) is 17.7 Å². The van der Waals surface area contributed by atoms with Crippen LogP contribution in [0.2, 0.25) is 10.0 Å². The van der Waals surface area contributed by atoms with Crippen molar-refractivity contribution < 1.29 is 5.11 Å². The Morgan fingerprint density at radius 1 is 1.33 bits per heavy atom. The molecule has 0 aromatic heterocycles. The molecule has 0 radical (unpaired) electrons. The van der Waals surface area contributed by atoms with E-state index < -0.39 is 6.10 Å². The molecule has 0 aliphatic heterocycles. The highest BCUT2D eigenvalue weighted by molar-refractivity contribution is 6.42. The summed E-state index contributed by atoms with van der Waals surface area (Å²) in [7, 11) is 0. The molecular weight excluding hydrogens is 233 g/mol.